The zero-order valence-corrected chi connectivity index (χ0v) is 21.3. The molecular weight excluding hydrogens is 436 g/mol. The fourth-order valence-corrected chi connectivity index (χ4v) is 6.72. The molecule has 0 radical (unpaired) electrons. The fourth-order valence-electron chi connectivity index (χ4n) is 6.72. The van der Waals surface area contributed by atoms with E-state index in [4.69, 9.17) is 0 Å². The van der Waals surface area contributed by atoms with E-state index < -0.39 is 6.04 Å². The number of rotatable bonds is 6. The minimum absolute atomic E-state index is 0.131. The summed E-state index contributed by atoms with van der Waals surface area (Å²) in [6, 6.07) is 7.29. The van der Waals surface area contributed by atoms with E-state index in [1.807, 2.05) is 35.4 Å². The monoisotopic (exact) mass is 478 g/mol. The Hall–Kier alpha value is -2.34. The molecule has 2 amide bonds. The van der Waals surface area contributed by atoms with Crippen molar-refractivity contribution in [2.45, 2.75) is 70.3 Å². The maximum atomic E-state index is 13.7. The third-order valence-corrected chi connectivity index (χ3v) is 9.00. The average molecular weight is 479 g/mol. The van der Waals surface area contributed by atoms with Crippen molar-refractivity contribution in [3.8, 4) is 0 Å². The molecule has 2 N–H and O–H groups in total. The van der Waals surface area contributed by atoms with Crippen LogP contribution in [0.4, 0.5) is 0 Å². The molecule has 2 aliphatic heterocycles. The predicted octanol–water partition coefficient (Wildman–Crippen LogP) is 4.82. The second-order valence-corrected chi connectivity index (χ2v) is 11.3. The van der Waals surface area contributed by atoms with Crippen LogP contribution < -0.4 is 5.32 Å². The Bertz CT molecular complexity index is 995. The smallest absolute Gasteiger partial charge is 0.252 e. The van der Waals surface area contributed by atoms with Crippen molar-refractivity contribution in [3.63, 3.8) is 0 Å². The number of likely N-dealkylation sites (tertiary alicyclic amines) is 2. The number of H-pyrrole nitrogens is 1. The number of fused-ring (bicyclic) bond motifs is 1. The average Bonchev–Trinajstić information content (AvgIpc) is 3.37. The quantitative estimate of drug-likeness (QED) is 0.626. The van der Waals surface area contributed by atoms with Crippen LogP contribution in [0.5, 0.6) is 0 Å². The van der Waals surface area contributed by atoms with Crippen LogP contribution in [0.15, 0.2) is 30.5 Å². The first-order valence-electron chi connectivity index (χ1n) is 13.9. The SMILES string of the molecule is CN1CCC(C2CCN(C(=O)[C@@H](CC3CCCCC3)NC(=O)c3ccc4cc[nH]c4c3)CC2)CC1. The van der Waals surface area contributed by atoms with Crippen molar-refractivity contribution < 1.29 is 9.59 Å². The Labute approximate surface area is 209 Å². The minimum Gasteiger partial charge on any atom is -0.361 e. The van der Waals surface area contributed by atoms with Gasteiger partial charge < -0.3 is 20.1 Å². The largest absolute Gasteiger partial charge is 0.361 e. The van der Waals surface area contributed by atoms with E-state index in [-0.39, 0.29) is 11.8 Å². The van der Waals surface area contributed by atoms with Gasteiger partial charge in [-0.05, 0) is 93.6 Å². The maximum absolute atomic E-state index is 13.7. The topological polar surface area (TPSA) is 68.4 Å². The van der Waals surface area contributed by atoms with E-state index >= 15 is 0 Å². The maximum Gasteiger partial charge on any atom is 0.252 e. The number of carbonyl (C=O) groups is 2. The summed E-state index contributed by atoms with van der Waals surface area (Å²) >= 11 is 0. The van der Waals surface area contributed by atoms with E-state index in [0.717, 1.165) is 55.1 Å². The van der Waals surface area contributed by atoms with Gasteiger partial charge >= 0.3 is 0 Å². The summed E-state index contributed by atoms with van der Waals surface area (Å²) in [4.78, 5) is 34.6. The van der Waals surface area contributed by atoms with Crippen molar-refractivity contribution in [2.24, 2.45) is 17.8 Å². The van der Waals surface area contributed by atoms with E-state index in [9.17, 15) is 9.59 Å². The number of hydrogen-bond donors (Lipinski definition) is 2. The van der Waals surface area contributed by atoms with Gasteiger partial charge in [-0.25, -0.2) is 0 Å². The van der Waals surface area contributed by atoms with Crippen LogP contribution >= 0.6 is 0 Å². The van der Waals surface area contributed by atoms with Gasteiger partial charge in [0.15, 0.2) is 0 Å². The molecule has 190 valence electrons. The number of hydrogen-bond acceptors (Lipinski definition) is 3. The molecule has 1 aromatic carbocycles. The first-order valence-corrected chi connectivity index (χ1v) is 13.9. The Balaban J connectivity index is 1.23. The number of nitrogens with one attached hydrogen (secondary N) is 2. The van der Waals surface area contributed by atoms with Crippen LogP contribution in [0.1, 0.15) is 74.6 Å². The second-order valence-electron chi connectivity index (χ2n) is 11.3. The zero-order chi connectivity index (χ0) is 24.2. The fraction of sp³-hybridized carbons (Fsp3) is 0.655. The van der Waals surface area contributed by atoms with E-state index in [1.54, 1.807) is 0 Å². The summed E-state index contributed by atoms with van der Waals surface area (Å²) in [5.74, 6) is 2.07. The van der Waals surface area contributed by atoms with Gasteiger partial charge in [0.1, 0.15) is 6.04 Å². The van der Waals surface area contributed by atoms with Crippen LogP contribution in [-0.2, 0) is 4.79 Å². The molecule has 0 spiro atoms. The van der Waals surface area contributed by atoms with Crippen LogP contribution in [0.2, 0.25) is 0 Å². The predicted molar refractivity (Wildman–Crippen MR) is 140 cm³/mol. The van der Waals surface area contributed by atoms with Gasteiger partial charge in [0.05, 0.1) is 0 Å². The minimum atomic E-state index is -0.426. The van der Waals surface area contributed by atoms with Gasteiger partial charge in [0, 0.05) is 30.4 Å². The summed E-state index contributed by atoms with van der Waals surface area (Å²) in [5.41, 5.74) is 1.56. The third kappa shape index (κ3) is 5.91. The van der Waals surface area contributed by atoms with Crippen molar-refractivity contribution >= 4 is 22.7 Å². The van der Waals surface area contributed by atoms with Crippen LogP contribution in [-0.4, -0.2) is 65.9 Å². The normalized spacial score (nSPS) is 22.4. The highest BCUT2D eigenvalue weighted by Gasteiger charge is 2.34. The highest BCUT2D eigenvalue weighted by molar-refractivity contribution is 6.00. The summed E-state index contributed by atoms with van der Waals surface area (Å²) in [7, 11) is 2.22. The molecule has 2 saturated heterocycles. The molecule has 0 bridgehead atoms. The molecule has 0 unspecified atom stereocenters. The Morgan fingerprint density at radius 2 is 1.63 bits per heavy atom. The van der Waals surface area contributed by atoms with Crippen molar-refractivity contribution in [3.05, 3.63) is 36.0 Å². The second kappa shape index (κ2) is 11.2. The third-order valence-electron chi connectivity index (χ3n) is 9.00. The first-order chi connectivity index (χ1) is 17.1. The van der Waals surface area contributed by atoms with Gasteiger partial charge in [-0.2, -0.15) is 0 Å². The Kier molecular flexibility index (Phi) is 7.76. The number of carbonyl (C=O) groups excluding carboxylic acids is 2. The molecular formula is C29H42N4O2. The van der Waals surface area contributed by atoms with Gasteiger partial charge in [0.25, 0.3) is 5.91 Å². The summed E-state index contributed by atoms with van der Waals surface area (Å²) in [6.07, 6.45) is 13.6. The van der Waals surface area contributed by atoms with E-state index in [2.05, 4.69) is 22.2 Å². The molecule has 35 heavy (non-hydrogen) atoms. The Morgan fingerprint density at radius 1 is 0.943 bits per heavy atom. The lowest BCUT2D eigenvalue weighted by Crippen LogP contribution is -2.52. The zero-order valence-electron chi connectivity index (χ0n) is 21.3. The van der Waals surface area contributed by atoms with Gasteiger partial charge in [-0.15, -0.1) is 0 Å². The molecule has 1 aromatic heterocycles. The number of piperidine rings is 2. The van der Waals surface area contributed by atoms with Crippen LogP contribution in [0.3, 0.4) is 0 Å². The number of amides is 2. The molecule has 1 saturated carbocycles. The van der Waals surface area contributed by atoms with Crippen molar-refractivity contribution in [1.29, 1.82) is 0 Å². The molecule has 6 heteroatoms. The highest BCUT2D eigenvalue weighted by Crippen LogP contribution is 2.33. The molecule has 6 nitrogen and oxygen atoms in total. The van der Waals surface area contributed by atoms with E-state index in [0.29, 0.717) is 11.5 Å². The van der Waals surface area contributed by atoms with Crippen LogP contribution in [0.25, 0.3) is 10.9 Å². The van der Waals surface area contributed by atoms with Gasteiger partial charge in [-0.3, -0.25) is 9.59 Å². The number of aromatic nitrogens is 1. The Morgan fingerprint density at radius 3 is 2.34 bits per heavy atom. The molecule has 5 rings (SSSR count). The molecule has 1 atom stereocenters. The molecule has 3 fully saturated rings. The number of benzene rings is 1. The number of aromatic amines is 1. The van der Waals surface area contributed by atoms with Gasteiger partial charge in [0.2, 0.25) is 5.91 Å². The first kappa shape index (κ1) is 24.4. The van der Waals surface area contributed by atoms with Crippen molar-refractivity contribution in [2.75, 3.05) is 33.2 Å². The molecule has 1 aliphatic carbocycles. The lowest BCUT2D eigenvalue weighted by atomic mass is 9.78. The van der Waals surface area contributed by atoms with Crippen molar-refractivity contribution in [1.82, 2.24) is 20.1 Å². The van der Waals surface area contributed by atoms with Gasteiger partial charge in [-0.1, -0.05) is 38.2 Å². The summed E-state index contributed by atoms with van der Waals surface area (Å²) in [5, 5.41) is 4.25. The summed E-state index contributed by atoms with van der Waals surface area (Å²) in [6.45, 7) is 4.07. The van der Waals surface area contributed by atoms with E-state index in [1.165, 1.54) is 58.0 Å². The molecule has 2 aromatic rings. The lowest BCUT2D eigenvalue weighted by molar-refractivity contribution is -0.135. The molecule has 3 heterocycles. The van der Waals surface area contributed by atoms with Crippen LogP contribution in [0, 0.1) is 17.8 Å². The highest BCUT2D eigenvalue weighted by atomic mass is 16.2. The number of nitrogens with zero attached hydrogens (tertiary/aromatic N) is 2. The standard InChI is InChI=1S/C29H42N4O2/c1-32-15-10-22(11-16-32)23-12-17-33(18-13-23)29(35)27(19-21-5-3-2-4-6-21)31-28(34)25-8-7-24-9-14-30-26(24)20-25/h7-9,14,20-23,27,30H,2-6,10-13,15-19H2,1H3,(H,31,34)/t27-/m1/s1. The summed E-state index contributed by atoms with van der Waals surface area (Å²) < 4.78 is 0. The molecule has 3 aliphatic rings. The lowest BCUT2D eigenvalue weighted by Gasteiger charge is -2.40.